The van der Waals surface area contributed by atoms with Crippen molar-refractivity contribution in [3.63, 3.8) is 0 Å². The summed E-state index contributed by atoms with van der Waals surface area (Å²) in [4.78, 5) is 12.0. The van der Waals surface area contributed by atoms with Gasteiger partial charge in [0.05, 0.1) is 12.1 Å². The molecule has 0 bridgehead atoms. The van der Waals surface area contributed by atoms with Crippen LogP contribution in [-0.2, 0) is 4.79 Å². The molecule has 104 valence electrons. The third-order valence-electron chi connectivity index (χ3n) is 3.63. The van der Waals surface area contributed by atoms with E-state index in [-0.39, 0.29) is 5.91 Å². The lowest BCUT2D eigenvalue weighted by atomic mass is 9.87. The van der Waals surface area contributed by atoms with E-state index in [1.54, 1.807) is 19.2 Å². The highest BCUT2D eigenvalue weighted by Crippen LogP contribution is 2.29. The van der Waals surface area contributed by atoms with Gasteiger partial charge in [0.2, 0.25) is 5.91 Å². The van der Waals surface area contributed by atoms with Crippen LogP contribution in [0.5, 0.6) is 5.75 Å². The number of rotatable bonds is 4. The first-order valence-electron chi connectivity index (χ1n) is 6.82. The van der Waals surface area contributed by atoms with Gasteiger partial charge in [-0.15, -0.1) is 0 Å². The van der Waals surface area contributed by atoms with Crippen molar-refractivity contribution < 1.29 is 9.53 Å². The molecule has 0 saturated heterocycles. The second-order valence-electron chi connectivity index (χ2n) is 5.11. The number of anilines is 1. The van der Waals surface area contributed by atoms with E-state index in [1.165, 1.54) is 32.1 Å². The molecule has 1 saturated carbocycles. The first-order valence-corrected chi connectivity index (χ1v) is 7.20. The van der Waals surface area contributed by atoms with Gasteiger partial charge in [-0.3, -0.25) is 4.79 Å². The highest BCUT2D eigenvalue weighted by Gasteiger charge is 2.17. The Morgan fingerprint density at radius 2 is 2.11 bits per heavy atom. The third kappa shape index (κ3) is 4.13. The smallest absolute Gasteiger partial charge is 0.224 e. The van der Waals surface area contributed by atoms with E-state index in [1.807, 2.05) is 6.07 Å². The summed E-state index contributed by atoms with van der Waals surface area (Å²) < 4.78 is 5.08. The minimum Gasteiger partial charge on any atom is -0.495 e. The molecule has 1 amide bonds. The number of amides is 1. The number of carbonyl (C=O) groups is 1. The minimum absolute atomic E-state index is 0.0770. The maximum atomic E-state index is 12.0. The molecule has 2 rings (SSSR count). The van der Waals surface area contributed by atoms with Crippen molar-refractivity contribution in [2.75, 3.05) is 12.4 Å². The zero-order chi connectivity index (χ0) is 13.7. The summed E-state index contributed by atoms with van der Waals surface area (Å²) in [6, 6.07) is 5.29. The summed E-state index contributed by atoms with van der Waals surface area (Å²) >= 11 is 6.03. The zero-order valence-electron chi connectivity index (χ0n) is 11.2. The topological polar surface area (TPSA) is 38.3 Å². The molecule has 1 aliphatic rings. The van der Waals surface area contributed by atoms with Crippen molar-refractivity contribution in [3.8, 4) is 5.75 Å². The molecule has 0 atom stereocenters. The summed E-state index contributed by atoms with van der Waals surface area (Å²) in [5, 5.41) is 3.41. The fourth-order valence-corrected chi connectivity index (χ4v) is 2.87. The van der Waals surface area contributed by atoms with Crippen LogP contribution in [0, 0.1) is 5.92 Å². The van der Waals surface area contributed by atoms with Crippen LogP contribution < -0.4 is 10.1 Å². The summed E-state index contributed by atoms with van der Waals surface area (Å²) in [5.74, 6) is 1.24. The van der Waals surface area contributed by atoms with Gasteiger partial charge in [-0.1, -0.05) is 30.9 Å². The molecule has 0 heterocycles. The molecule has 1 aromatic carbocycles. The first-order chi connectivity index (χ1) is 9.19. The molecular weight excluding hydrogens is 262 g/mol. The number of ether oxygens (including phenoxy) is 1. The van der Waals surface area contributed by atoms with Crippen molar-refractivity contribution >= 4 is 23.2 Å². The van der Waals surface area contributed by atoms with Gasteiger partial charge in [0.15, 0.2) is 0 Å². The number of hydrogen-bond acceptors (Lipinski definition) is 2. The van der Waals surface area contributed by atoms with Gasteiger partial charge in [-0.2, -0.15) is 0 Å². The van der Waals surface area contributed by atoms with Crippen molar-refractivity contribution in [1.29, 1.82) is 0 Å². The van der Waals surface area contributed by atoms with Gasteiger partial charge in [0.1, 0.15) is 5.75 Å². The van der Waals surface area contributed by atoms with Crippen LogP contribution in [0.2, 0.25) is 5.02 Å². The maximum absolute atomic E-state index is 12.0. The molecule has 19 heavy (non-hydrogen) atoms. The Balaban J connectivity index is 1.89. The third-order valence-corrected chi connectivity index (χ3v) is 3.93. The molecule has 4 heteroatoms. The van der Waals surface area contributed by atoms with Crippen molar-refractivity contribution in [2.24, 2.45) is 5.92 Å². The summed E-state index contributed by atoms with van der Waals surface area (Å²) in [6.07, 6.45) is 6.79. The number of hydrogen-bond donors (Lipinski definition) is 1. The van der Waals surface area contributed by atoms with E-state index in [4.69, 9.17) is 16.3 Å². The van der Waals surface area contributed by atoms with E-state index < -0.39 is 0 Å². The molecule has 1 aliphatic carbocycles. The zero-order valence-corrected chi connectivity index (χ0v) is 12.0. The summed E-state index contributed by atoms with van der Waals surface area (Å²) in [6.45, 7) is 0. The Hall–Kier alpha value is -1.22. The standard InChI is InChI=1S/C15H20ClNO2/c1-19-14-8-7-12(10-13(14)16)17-15(18)9-11-5-3-2-4-6-11/h7-8,10-11H,2-6,9H2,1H3,(H,17,18). The van der Waals surface area contributed by atoms with Crippen molar-refractivity contribution in [2.45, 2.75) is 38.5 Å². The fourth-order valence-electron chi connectivity index (χ4n) is 2.61. The molecule has 1 aromatic rings. The van der Waals surface area contributed by atoms with Gasteiger partial charge >= 0.3 is 0 Å². The molecule has 1 N–H and O–H groups in total. The monoisotopic (exact) mass is 281 g/mol. The fraction of sp³-hybridized carbons (Fsp3) is 0.533. The Kier molecular flexibility index (Phi) is 5.08. The Labute approximate surface area is 119 Å². The normalized spacial score (nSPS) is 16.1. The SMILES string of the molecule is COc1ccc(NC(=O)CC2CCCCC2)cc1Cl. The first kappa shape index (κ1) is 14.2. The van der Waals surface area contributed by atoms with E-state index in [0.29, 0.717) is 23.1 Å². The Morgan fingerprint density at radius 1 is 1.37 bits per heavy atom. The van der Waals surface area contributed by atoms with Gasteiger partial charge in [0.25, 0.3) is 0 Å². The van der Waals surface area contributed by atoms with Crippen LogP contribution in [0.3, 0.4) is 0 Å². The Morgan fingerprint density at radius 3 is 2.74 bits per heavy atom. The highest BCUT2D eigenvalue weighted by molar-refractivity contribution is 6.32. The molecule has 0 unspecified atom stereocenters. The maximum Gasteiger partial charge on any atom is 0.224 e. The predicted molar refractivity (Wildman–Crippen MR) is 77.8 cm³/mol. The molecule has 1 fully saturated rings. The molecule has 0 spiro atoms. The van der Waals surface area contributed by atoms with E-state index in [9.17, 15) is 4.79 Å². The molecule has 3 nitrogen and oxygen atoms in total. The van der Waals surface area contributed by atoms with Crippen LogP contribution in [0.15, 0.2) is 18.2 Å². The largest absolute Gasteiger partial charge is 0.495 e. The van der Waals surface area contributed by atoms with Crippen LogP contribution in [0.25, 0.3) is 0 Å². The second-order valence-corrected chi connectivity index (χ2v) is 5.51. The van der Waals surface area contributed by atoms with Gasteiger partial charge in [-0.25, -0.2) is 0 Å². The predicted octanol–water partition coefficient (Wildman–Crippen LogP) is 4.26. The second kappa shape index (κ2) is 6.80. The molecule has 0 aromatic heterocycles. The average Bonchev–Trinajstić information content (AvgIpc) is 2.40. The number of methoxy groups -OCH3 is 1. The molecule has 0 radical (unpaired) electrons. The number of benzene rings is 1. The molecule has 0 aliphatic heterocycles. The average molecular weight is 282 g/mol. The van der Waals surface area contributed by atoms with Gasteiger partial charge in [-0.05, 0) is 37.0 Å². The minimum atomic E-state index is 0.0770. The van der Waals surface area contributed by atoms with Crippen molar-refractivity contribution in [1.82, 2.24) is 0 Å². The van der Waals surface area contributed by atoms with Crippen LogP contribution >= 0.6 is 11.6 Å². The van der Waals surface area contributed by atoms with E-state index >= 15 is 0 Å². The van der Waals surface area contributed by atoms with Crippen molar-refractivity contribution in [3.05, 3.63) is 23.2 Å². The van der Waals surface area contributed by atoms with Crippen LogP contribution in [-0.4, -0.2) is 13.0 Å². The van der Waals surface area contributed by atoms with Crippen LogP contribution in [0.1, 0.15) is 38.5 Å². The Bertz CT molecular complexity index is 442. The van der Waals surface area contributed by atoms with Gasteiger partial charge in [0, 0.05) is 12.1 Å². The van der Waals surface area contributed by atoms with E-state index in [0.717, 1.165) is 5.69 Å². The number of nitrogens with one attached hydrogen (secondary N) is 1. The number of carbonyl (C=O) groups excluding carboxylic acids is 1. The van der Waals surface area contributed by atoms with E-state index in [2.05, 4.69) is 5.32 Å². The highest BCUT2D eigenvalue weighted by atomic mass is 35.5. The van der Waals surface area contributed by atoms with Gasteiger partial charge < -0.3 is 10.1 Å². The lowest BCUT2D eigenvalue weighted by Crippen LogP contribution is -2.18. The lowest BCUT2D eigenvalue weighted by molar-refractivity contribution is -0.117. The lowest BCUT2D eigenvalue weighted by Gasteiger charge is -2.20. The summed E-state index contributed by atoms with van der Waals surface area (Å²) in [7, 11) is 1.57. The molecular formula is C15H20ClNO2. The summed E-state index contributed by atoms with van der Waals surface area (Å²) in [5.41, 5.74) is 0.728. The number of halogens is 1. The quantitative estimate of drug-likeness (QED) is 0.895. The van der Waals surface area contributed by atoms with Crippen LogP contribution in [0.4, 0.5) is 5.69 Å².